The van der Waals surface area contributed by atoms with Crippen LogP contribution in [0.25, 0.3) is 0 Å². The summed E-state index contributed by atoms with van der Waals surface area (Å²) in [7, 11) is 0. The van der Waals surface area contributed by atoms with Crippen LogP contribution in [-0.4, -0.2) is 48.5 Å². The number of nitriles is 1. The fourth-order valence-electron chi connectivity index (χ4n) is 3.96. The standard InChI is InChI=1S/C21H25N5OS/c22-15-17-16-5-1-2-6-18(16)28-21(17)24-20(27)8-10-25-11-13-26(14-12-25)19-7-3-4-9-23-19/h3-4,7,9H,1-2,5-6,8,10-14H2,(H,24,27). The number of hydrogen-bond donors (Lipinski definition) is 1. The quantitative estimate of drug-likeness (QED) is 0.842. The molecule has 1 fully saturated rings. The van der Waals surface area contributed by atoms with E-state index in [9.17, 15) is 10.1 Å². The zero-order valence-corrected chi connectivity index (χ0v) is 16.8. The Kier molecular flexibility index (Phi) is 5.89. The van der Waals surface area contributed by atoms with Gasteiger partial charge in [0.1, 0.15) is 16.9 Å². The Morgan fingerprint density at radius 1 is 1.21 bits per heavy atom. The molecule has 3 heterocycles. The monoisotopic (exact) mass is 395 g/mol. The van der Waals surface area contributed by atoms with E-state index in [4.69, 9.17) is 0 Å². The highest BCUT2D eigenvalue weighted by molar-refractivity contribution is 7.16. The van der Waals surface area contributed by atoms with Gasteiger partial charge in [0, 0.05) is 50.2 Å². The number of nitrogens with zero attached hydrogens (tertiary/aromatic N) is 4. The van der Waals surface area contributed by atoms with Gasteiger partial charge >= 0.3 is 0 Å². The van der Waals surface area contributed by atoms with Gasteiger partial charge in [-0.25, -0.2) is 4.98 Å². The third kappa shape index (κ3) is 4.18. The van der Waals surface area contributed by atoms with Crippen molar-refractivity contribution < 1.29 is 4.79 Å². The van der Waals surface area contributed by atoms with Crippen LogP contribution in [0.3, 0.4) is 0 Å². The number of fused-ring (bicyclic) bond motifs is 1. The number of carbonyl (C=O) groups is 1. The molecule has 1 N–H and O–H groups in total. The summed E-state index contributed by atoms with van der Waals surface area (Å²) in [6.07, 6.45) is 6.59. The van der Waals surface area contributed by atoms with Crippen molar-refractivity contribution in [2.24, 2.45) is 0 Å². The Morgan fingerprint density at radius 2 is 2.04 bits per heavy atom. The third-order valence-corrected chi connectivity index (χ3v) is 6.74. The maximum atomic E-state index is 12.5. The first-order valence-electron chi connectivity index (χ1n) is 9.97. The van der Waals surface area contributed by atoms with E-state index in [1.807, 2.05) is 24.4 Å². The van der Waals surface area contributed by atoms with Crippen molar-refractivity contribution in [1.82, 2.24) is 9.88 Å². The van der Waals surface area contributed by atoms with E-state index in [1.54, 1.807) is 11.3 Å². The predicted molar refractivity (Wildman–Crippen MR) is 112 cm³/mol. The molecule has 1 aliphatic heterocycles. The van der Waals surface area contributed by atoms with Gasteiger partial charge in [0.25, 0.3) is 0 Å². The van der Waals surface area contributed by atoms with Gasteiger partial charge in [-0.3, -0.25) is 9.69 Å². The predicted octanol–water partition coefficient (Wildman–Crippen LogP) is 3.04. The molecule has 146 valence electrons. The summed E-state index contributed by atoms with van der Waals surface area (Å²) in [5.74, 6) is 1.02. The van der Waals surface area contributed by atoms with Crippen molar-refractivity contribution in [3.8, 4) is 6.07 Å². The minimum atomic E-state index is 0.00209. The summed E-state index contributed by atoms with van der Waals surface area (Å²) < 4.78 is 0. The molecule has 2 aliphatic rings. The van der Waals surface area contributed by atoms with Gasteiger partial charge in [0.05, 0.1) is 5.56 Å². The molecule has 0 spiro atoms. The van der Waals surface area contributed by atoms with Crippen molar-refractivity contribution in [1.29, 1.82) is 5.26 Å². The molecular weight excluding hydrogens is 370 g/mol. The summed E-state index contributed by atoms with van der Waals surface area (Å²) in [6.45, 7) is 4.46. The lowest BCUT2D eigenvalue weighted by Gasteiger charge is -2.35. The molecule has 6 nitrogen and oxygen atoms in total. The number of piperazine rings is 1. The van der Waals surface area contributed by atoms with Crippen LogP contribution < -0.4 is 10.2 Å². The number of carbonyl (C=O) groups excluding carboxylic acids is 1. The molecule has 0 atom stereocenters. The van der Waals surface area contributed by atoms with Gasteiger partial charge in [-0.15, -0.1) is 11.3 Å². The van der Waals surface area contributed by atoms with Gasteiger partial charge in [0.2, 0.25) is 5.91 Å². The molecule has 28 heavy (non-hydrogen) atoms. The summed E-state index contributed by atoms with van der Waals surface area (Å²) in [4.78, 5) is 22.8. The smallest absolute Gasteiger partial charge is 0.226 e. The highest BCUT2D eigenvalue weighted by Crippen LogP contribution is 2.37. The lowest BCUT2D eigenvalue weighted by molar-refractivity contribution is -0.116. The Morgan fingerprint density at radius 3 is 2.79 bits per heavy atom. The maximum Gasteiger partial charge on any atom is 0.226 e. The maximum absolute atomic E-state index is 12.5. The fourth-order valence-corrected chi connectivity index (χ4v) is 5.22. The van der Waals surface area contributed by atoms with Crippen molar-refractivity contribution in [2.75, 3.05) is 42.9 Å². The molecule has 0 unspecified atom stereocenters. The fraction of sp³-hybridized carbons (Fsp3) is 0.476. The van der Waals surface area contributed by atoms with Crippen molar-refractivity contribution >= 4 is 28.1 Å². The van der Waals surface area contributed by atoms with Crippen LogP contribution in [0.15, 0.2) is 24.4 Å². The van der Waals surface area contributed by atoms with Gasteiger partial charge < -0.3 is 10.2 Å². The second-order valence-electron chi connectivity index (χ2n) is 7.34. The zero-order chi connectivity index (χ0) is 19.3. The summed E-state index contributed by atoms with van der Waals surface area (Å²) in [5.41, 5.74) is 1.86. The molecule has 7 heteroatoms. The molecule has 2 aromatic heterocycles. The van der Waals surface area contributed by atoms with E-state index in [1.165, 1.54) is 16.9 Å². The molecule has 1 amide bonds. The summed E-state index contributed by atoms with van der Waals surface area (Å²) in [5, 5.41) is 13.3. The van der Waals surface area contributed by atoms with Gasteiger partial charge in [-0.2, -0.15) is 5.26 Å². The topological polar surface area (TPSA) is 72.3 Å². The second-order valence-corrected chi connectivity index (χ2v) is 8.45. The van der Waals surface area contributed by atoms with E-state index in [2.05, 4.69) is 26.2 Å². The third-order valence-electron chi connectivity index (χ3n) is 5.54. The van der Waals surface area contributed by atoms with Crippen LogP contribution in [-0.2, 0) is 17.6 Å². The average molecular weight is 396 g/mol. The first-order valence-corrected chi connectivity index (χ1v) is 10.8. The van der Waals surface area contributed by atoms with Crippen LogP contribution in [0.4, 0.5) is 10.8 Å². The molecule has 0 bridgehead atoms. The number of anilines is 2. The molecule has 4 rings (SSSR count). The molecule has 0 aromatic carbocycles. The van der Waals surface area contributed by atoms with E-state index >= 15 is 0 Å². The van der Waals surface area contributed by atoms with Gasteiger partial charge in [-0.1, -0.05) is 6.07 Å². The number of nitrogens with one attached hydrogen (secondary N) is 1. The molecule has 0 saturated carbocycles. The number of amides is 1. The minimum Gasteiger partial charge on any atom is -0.354 e. The number of thiophene rings is 1. The first-order chi connectivity index (χ1) is 13.7. The minimum absolute atomic E-state index is 0.00209. The molecule has 1 aliphatic carbocycles. The summed E-state index contributed by atoms with van der Waals surface area (Å²) in [6, 6.07) is 8.29. The molecule has 2 aromatic rings. The Labute approximate surface area is 169 Å². The highest BCUT2D eigenvalue weighted by atomic mass is 32.1. The van der Waals surface area contributed by atoms with Crippen molar-refractivity contribution in [3.05, 3.63) is 40.4 Å². The van der Waals surface area contributed by atoms with E-state index in [-0.39, 0.29) is 5.91 Å². The van der Waals surface area contributed by atoms with Crippen molar-refractivity contribution in [2.45, 2.75) is 32.1 Å². The number of hydrogen-bond acceptors (Lipinski definition) is 6. The van der Waals surface area contributed by atoms with Gasteiger partial charge in [0.15, 0.2) is 0 Å². The molecular formula is C21H25N5OS. The van der Waals surface area contributed by atoms with E-state index in [0.717, 1.165) is 62.8 Å². The van der Waals surface area contributed by atoms with Crippen LogP contribution in [0.5, 0.6) is 0 Å². The first kappa shape index (κ1) is 18.9. The molecule has 1 saturated heterocycles. The lowest BCUT2D eigenvalue weighted by atomic mass is 9.96. The normalized spacial score (nSPS) is 17.0. The molecule has 0 radical (unpaired) electrons. The van der Waals surface area contributed by atoms with Crippen molar-refractivity contribution in [3.63, 3.8) is 0 Å². The van der Waals surface area contributed by atoms with Crippen LogP contribution in [0.2, 0.25) is 0 Å². The number of pyridine rings is 1. The number of rotatable bonds is 5. The zero-order valence-electron chi connectivity index (χ0n) is 16.0. The Hall–Kier alpha value is -2.43. The van der Waals surface area contributed by atoms with Crippen LogP contribution in [0, 0.1) is 11.3 Å². The Bertz CT molecular complexity index is 865. The van der Waals surface area contributed by atoms with E-state index < -0.39 is 0 Å². The second kappa shape index (κ2) is 8.72. The van der Waals surface area contributed by atoms with Crippen LogP contribution in [0.1, 0.15) is 35.3 Å². The number of aromatic nitrogens is 1. The van der Waals surface area contributed by atoms with E-state index in [0.29, 0.717) is 12.0 Å². The summed E-state index contributed by atoms with van der Waals surface area (Å²) >= 11 is 1.59. The number of aryl methyl sites for hydroxylation is 1. The van der Waals surface area contributed by atoms with Gasteiger partial charge in [-0.05, 0) is 43.4 Å². The van der Waals surface area contributed by atoms with Crippen LogP contribution >= 0.6 is 11.3 Å². The largest absolute Gasteiger partial charge is 0.354 e. The highest BCUT2D eigenvalue weighted by Gasteiger charge is 2.22. The lowest BCUT2D eigenvalue weighted by Crippen LogP contribution is -2.47. The average Bonchev–Trinajstić information content (AvgIpc) is 3.10. The SMILES string of the molecule is N#Cc1c(NC(=O)CCN2CCN(c3ccccn3)CC2)sc2c1CCCC2. The Balaban J connectivity index is 1.27.